The van der Waals surface area contributed by atoms with Crippen LogP contribution in [-0.2, 0) is 6.42 Å². The summed E-state index contributed by atoms with van der Waals surface area (Å²) in [4.78, 5) is 16.5. The molecule has 2 aromatic carbocycles. The molecule has 0 saturated heterocycles. The van der Waals surface area contributed by atoms with Crippen molar-refractivity contribution in [2.75, 3.05) is 18.5 Å². The van der Waals surface area contributed by atoms with Crippen LogP contribution in [0.3, 0.4) is 0 Å². The molecule has 0 saturated carbocycles. The summed E-state index contributed by atoms with van der Waals surface area (Å²) in [5, 5.41) is 4.14. The highest BCUT2D eigenvalue weighted by Gasteiger charge is 2.17. The maximum absolute atomic E-state index is 12.1. The molecule has 1 amide bonds. The van der Waals surface area contributed by atoms with Crippen molar-refractivity contribution in [1.29, 1.82) is 0 Å². The van der Waals surface area contributed by atoms with Crippen LogP contribution in [-0.4, -0.2) is 24.1 Å². The summed E-state index contributed by atoms with van der Waals surface area (Å²) < 4.78 is 11.4. The Morgan fingerprint density at radius 3 is 2.39 bits per heavy atom. The number of para-hydroxylation sites is 1. The molecule has 0 fully saturated rings. The van der Waals surface area contributed by atoms with Gasteiger partial charge in [-0.3, -0.25) is 9.78 Å². The molecule has 6 nitrogen and oxygen atoms in total. The molecule has 0 unspecified atom stereocenters. The van der Waals surface area contributed by atoms with Gasteiger partial charge in [-0.15, -0.1) is 0 Å². The number of carbonyl (C=O) groups is 1. The summed E-state index contributed by atoms with van der Waals surface area (Å²) in [5.41, 5.74) is 9.32. The van der Waals surface area contributed by atoms with E-state index in [9.17, 15) is 4.79 Å². The first-order valence-electron chi connectivity index (χ1n) is 9.46. The number of benzene rings is 2. The van der Waals surface area contributed by atoms with Gasteiger partial charge < -0.3 is 20.5 Å². The average Bonchev–Trinajstić information content (AvgIpc) is 2.69. The molecule has 0 aliphatic rings. The molecule has 6 heteroatoms. The largest absolute Gasteiger partial charge is 0.490 e. The van der Waals surface area contributed by atoms with Crippen LogP contribution in [0.25, 0.3) is 10.9 Å². The fourth-order valence-corrected chi connectivity index (χ4v) is 3.14. The van der Waals surface area contributed by atoms with Crippen molar-refractivity contribution >= 4 is 28.2 Å². The lowest BCUT2D eigenvalue weighted by atomic mass is 10.1. The summed E-state index contributed by atoms with van der Waals surface area (Å²) in [6, 6.07) is 11.6. The number of primary amides is 1. The number of fused-ring (bicyclic) bond motifs is 1. The summed E-state index contributed by atoms with van der Waals surface area (Å²) >= 11 is 0. The van der Waals surface area contributed by atoms with Crippen LogP contribution in [0.2, 0.25) is 0 Å². The second kappa shape index (κ2) is 8.61. The molecule has 1 heterocycles. The van der Waals surface area contributed by atoms with E-state index < -0.39 is 5.91 Å². The number of nitrogens with two attached hydrogens (primary N) is 1. The van der Waals surface area contributed by atoms with E-state index >= 15 is 0 Å². The number of nitrogens with zero attached hydrogens (tertiary/aromatic N) is 1. The molecule has 0 aliphatic carbocycles. The number of hydrogen-bond donors (Lipinski definition) is 2. The fraction of sp³-hybridized carbons (Fsp3) is 0.273. The number of rotatable bonds is 8. The molecule has 0 radical (unpaired) electrons. The van der Waals surface area contributed by atoms with E-state index in [0.29, 0.717) is 41.5 Å². The van der Waals surface area contributed by atoms with Crippen LogP contribution < -0.4 is 20.5 Å². The summed E-state index contributed by atoms with van der Waals surface area (Å²) in [6.07, 6.45) is 2.36. The Balaban J connectivity index is 2.23. The monoisotopic (exact) mass is 379 g/mol. The first-order valence-corrected chi connectivity index (χ1v) is 9.46. The second-order valence-electron chi connectivity index (χ2n) is 6.23. The van der Waals surface area contributed by atoms with Gasteiger partial charge in [0.15, 0.2) is 11.5 Å². The van der Waals surface area contributed by atoms with E-state index in [0.717, 1.165) is 23.1 Å². The Kier molecular flexibility index (Phi) is 5.99. The van der Waals surface area contributed by atoms with Gasteiger partial charge in [0.2, 0.25) is 0 Å². The standard InChI is InChI=1S/C22H25N3O3/c1-4-14-9-7-8-10-17(14)25-21-15-11-19(27-5-2)20(28-6-3)12-18(15)24-13-16(21)22(23)26/h7-13H,4-6H2,1-3H3,(H2,23,26)(H,24,25). The quantitative estimate of drug-likeness (QED) is 0.604. The minimum atomic E-state index is -0.544. The summed E-state index contributed by atoms with van der Waals surface area (Å²) in [7, 11) is 0. The molecule has 0 atom stereocenters. The van der Waals surface area contributed by atoms with Crippen molar-refractivity contribution in [3.63, 3.8) is 0 Å². The van der Waals surface area contributed by atoms with E-state index in [1.807, 2.05) is 44.2 Å². The zero-order valence-corrected chi connectivity index (χ0v) is 16.4. The highest BCUT2D eigenvalue weighted by molar-refractivity contribution is 6.08. The number of ether oxygens (including phenoxy) is 2. The van der Waals surface area contributed by atoms with Crippen molar-refractivity contribution in [3.8, 4) is 11.5 Å². The van der Waals surface area contributed by atoms with Gasteiger partial charge in [0.05, 0.1) is 30.0 Å². The molecule has 3 aromatic rings. The number of hydrogen-bond acceptors (Lipinski definition) is 5. The van der Waals surface area contributed by atoms with Crippen LogP contribution in [0.1, 0.15) is 36.7 Å². The molecule has 0 spiro atoms. The van der Waals surface area contributed by atoms with Crippen LogP contribution >= 0.6 is 0 Å². The molecule has 28 heavy (non-hydrogen) atoms. The molecule has 1 aromatic heterocycles. The lowest BCUT2D eigenvalue weighted by Crippen LogP contribution is -2.14. The molecular weight excluding hydrogens is 354 g/mol. The summed E-state index contributed by atoms with van der Waals surface area (Å²) in [6.45, 7) is 6.92. The third-order valence-electron chi connectivity index (χ3n) is 4.46. The lowest BCUT2D eigenvalue weighted by Gasteiger charge is -2.17. The van der Waals surface area contributed by atoms with Gasteiger partial charge in [-0.25, -0.2) is 0 Å². The third-order valence-corrected chi connectivity index (χ3v) is 4.46. The minimum Gasteiger partial charge on any atom is -0.490 e. The topological polar surface area (TPSA) is 86.5 Å². The highest BCUT2D eigenvalue weighted by atomic mass is 16.5. The van der Waals surface area contributed by atoms with E-state index in [4.69, 9.17) is 15.2 Å². The van der Waals surface area contributed by atoms with Crippen molar-refractivity contribution < 1.29 is 14.3 Å². The van der Waals surface area contributed by atoms with E-state index in [1.54, 1.807) is 0 Å². The van der Waals surface area contributed by atoms with Crippen LogP contribution in [0.5, 0.6) is 11.5 Å². The predicted octanol–water partition coefficient (Wildman–Crippen LogP) is 4.44. The fourth-order valence-electron chi connectivity index (χ4n) is 3.14. The van der Waals surface area contributed by atoms with Gasteiger partial charge in [0.1, 0.15) is 0 Å². The molecule has 3 rings (SSSR count). The molecule has 3 N–H and O–H groups in total. The van der Waals surface area contributed by atoms with Crippen LogP contribution in [0.15, 0.2) is 42.6 Å². The Labute approximate surface area is 164 Å². The van der Waals surface area contributed by atoms with Crippen molar-refractivity contribution in [1.82, 2.24) is 4.98 Å². The minimum absolute atomic E-state index is 0.324. The Morgan fingerprint density at radius 1 is 1.07 bits per heavy atom. The maximum atomic E-state index is 12.1. The molecular formula is C22H25N3O3. The Morgan fingerprint density at radius 2 is 1.75 bits per heavy atom. The van der Waals surface area contributed by atoms with Gasteiger partial charge in [0, 0.05) is 23.3 Å². The highest BCUT2D eigenvalue weighted by Crippen LogP contribution is 2.37. The van der Waals surface area contributed by atoms with E-state index in [-0.39, 0.29) is 0 Å². The Bertz CT molecular complexity index is 1000. The summed E-state index contributed by atoms with van der Waals surface area (Å²) in [5.74, 6) is 0.681. The van der Waals surface area contributed by atoms with Crippen LogP contribution in [0, 0.1) is 0 Å². The maximum Gasteiger partial charge on any atom is 0.252 e. The van der Waals surface area contributed by atoms with Gasteiger partial charge >= 0.3 is 0 Å². The zero-order valence-electron chi connectivity index (χ0n) is 16.4. The average molecular weight is 379 g/mol. The van der Waals surface area contributed by atoms with E-state index in [2.05, 4.69) is 23.3 Å². The second-order valence-corrected chi connectivity index (χ2v) is 6.23. The van der Waals surface area contributed by atoms with Gasteiger partial charge in [-0.2, -0.15) is 0 Å². The molecule has 146 valence electrons. The van der Waals surface area contributed by atoms with Crippen molar-refractivity contribution in [2.45, 2.75) is 27.2 Å². The first kappa shape index (κ1) is 19.5. The number of carbonyl (C=O) groups excluding carboxylic acids is 1. The number of aromatic nitrogens is 1. The van der Waals surface area contributed by atoms with Crippen molar-refractivity contribution in [2.24, 2.45) is 5.73 Å². The van der Waals surface area contributed by atoms with Gasteiger partial charge in [0.25, 0.3) is 5.91 Å². The third kappa shape index (κ3) is 3.86. The number of nitrogens with one attached hydrogen (secondary N) is 1. The first-order chi connectivity index (χ1) is 13.6. The lowest BCUT2D eigenvalue weighted by molar-refractivity contribution is 0.100. The zero-order chi connectivity index (χ0) is 20.1. The normalized spacial score (nSPS) is 10.7. The SMILES string of the molecule is CCOc1cc2ncc(C(N)=O)c(Nc3ccccc3CC)c2cc1OCC. The Hall–Kier alpha value is -3.28. The van der Waals surface area contributed by atoms with Gasteiger partial charge in [-0.05, 0) is 38.0 Å². The molecule has 0 bridgehead atoms. The van der Waals surface area contributed by atoms with E-state index in [1.165, 1.54) is 6.20 Å². The van der Waals surface area contributed by atoms with Crippen LogP contribution in [0.4, 0.5) is 11.4 Å². The smallest absolute Gasteiger partial charge is 0.252 e. The number of anilines is 2. The van der Waals surface area contributed by atoms with Gasteiger partial charge in [-0.1, -0.05) is 25.1 Å². The molecule has 0 aliphatic heterocycles. The van der Waals surface area contributed by atoms with Crippen molar-refractivity contribution in [3.05, 3.63) is 53.7 Å². The number of pyridine rings is 1. The number of amides is 1. The number of aryl methyl sites for hydroxylation is 1. The predicted molar refractivity (Wildman–Crippen MR) is 112 cm³/mol.